The van der Waals surface area contributed by atoms with Crippen molar-refractivity contribution < 1.29 is 23.7 Å². The van der Waals surface area contributed by atoms with Crippen LogP contribution in [0.5, 0.6) is 28.7 Å². The molecule has 0 bridgehead atoms. The molecule has 2 N–H and O–H groups in total. The molecule has 168 valence electrons. The average Bonchev–Trinajstić information content (AvgIpc) is 3.42. The number of benzene rings is 2. The van der Waals surface area contributed by atoms with Crippen LogP contribution in [0, 0.1) is 11.3 Å². The summed E-state index contributed by atoms with van der Waals surface area (Å²) in [6, 6.07) is 11.4. The van der Waals surface area contributed by atoms with Gasteiger partial charge in [0, 0.05) is 17.3 Å². The minimum atomic E-state index is 0.416. The normalized spacial score (nSPS) is 12.3. The monoisotopic (exact) mass is 447 g/mol. The van der Waals surface area contributed by atoms with Crippen molar-refractivity contribution in [1.29, 1.82) is 5.26 Å². The third-order valence-corrected chi connectivity index (χ3v) is 5.34. The molecule has 0 amide bonds. The van der Waals surface area contributed by atoms with E-state index in [-0.39, 0.29) is 0 Å². The van der Waals surface area contributed by atoms with Crippen LogP contribution in [0.25, 0.3) is 16.9 Å². The van der Waals surface area contributed by atoms with Gasteiger partial charge in [-0.1, -0.05) is 0 Å². The zero-order valence-corrected chi connectivity index (χ0v) is 18.3. The first-order chi connectivity index (χ1) is 16.2. The molecule has 33 heavy (non-hydrogen) atoms. The van der Waals surface area contributed by atoms with Gasteiger partial charge in [-0.05, 0) is 24.3 Å². The van der Waals surface area contributed by atoms with Gasteiger partial charge in [-0.15, -0.1) is 0 Å². The van der Waals surface area contributed by atoms with E-state index in [0.717, 1.165) is 11.3 Å². The molecule has 2 aromatic heterocycles. The van der Waals surface area contributed by atoms with Crippen LogP contribution < -0.4 is 29.0 Å². The number of ether oxygens (including phenoxy) is 5. The summed E-state index contributed by atoms with van der Waals surface area (Å²) in [6.07, 6.45) is 1.51. The predicted molar refractivity (Wildman–Crippen MR) is 120 cm³/mol. The van der Waals surface area contributed by atoms with Gasteiger partial charge in [-0.2, -0.15) is 14.9 Å². The number of aromatic nitrogens is 3. The minimum absolute atomic E-state index is 0.416. The molecule has 4 aromatic rings. The van der Waals surface area contributed by atoms with E-state index in [9.17, 15) is 5.26 Å². The fraction of sp³-hybridized carbons (Fsp3) is 0.217. The smallest absolute Gasteiger partial charge is 0.203 e. The lowest BCUT2D eigenvalue weighted by Gasteiger charge is -2.19. The Morgan fingerprint density at radius 2 is 1.76 bits per heavy atom. The number of rotatable bonds is 6. The van der Waals surface area contributed by atoms with E-state index in [2.05, 4.69) is 21.5 Å². The molecule has 0 aliphatic carbocycles. The number of methoxy groups -OCH3 is 3. The van der Waals surface area contributed by atoms with Gasteiger partial charge in [-0.25, -0.2) is 0 Å². The molecular weight excluding hydrogens is 426 g/mol. The fourth-order valence-electron chi connectivity index (χ4n) is 3.81. The second-order valence-corrected chi connectivity index (χ2v) is 7.18. The molecule has 0 unspecified atom stereocenters. The summed E-state index contributed by atoms with van der Waals surface area (Å²) in [7, 11) is 4.67. The molecular formula is C23H21N5O5. The number of imidazole rings is 1. The molecule has 2 aromatic carbocycles. The SMILES string of the molecule is COc1cc(-c2[nH]c3c(C#N)cnn3c2Nc2ccc3c(c2)OCCO3)cc(OC)c1OC. The molecule has 0 saturated carbocycles. The zero-order chi connectivity index (χ0) is 22.9. The Bertz CT molecular complexity index is 1360. The quantitative estimate of drug-likeness (QED) is 0.459. The maximum absolute atomic E-state index is 9.52. The highest BCUT2D eigenvalue weighted by Gasteiger charge is 2.22. The number of anilines is 2. The van der Waals surface area contributed by atoms with Gasteiger partial charge in [-0.3, -0.25) is 0 Å². The average molecular weight is 447 g/mol. The van der Waals surface area contributed by atoms with Crippen LogP contribution in [-0.2, 0) is 0 Å². The van der Waals surface area contributed by atoms with Crippen molar-refractivity contribution in [3.8, 4) is 46.1 Å². The molecule has 0 spiro atoms. The van der Waals surface area contributed by atoms with Crippen molar-refractivity contribution >= 4 is 17.2 Å². The maximum Gasteiger partial charge on any atom is 0.203 e. The van der Waals surface area contributed by atoms with E-state index in [1.807, 2.05) is 30.3 Å². The molecule has 0 saturated heterocycles. The van der Waals surface area contributed by atoms with Crippen LogP contribution >= 0.6 is 0 Å². The Hall–Kier alpha value is -4.52. The number of hydrogen-bond acceptors (Lipinski definition) is 8. The summed E-state index contributed by atoms with van der Waals surface area (Å²) in [6.45, 7) is 1.01. The van der Waals surface area contributed by atoms with Crippen LogP contribution in [0.2, 0.25) is 0 Å². The number of nitriles is 1. The largest absolute Gasteiger partial charge is 0.493 e. The number of H-pyrrole nitrogens is 1. The van der Waals surface area contributed by atoms with E-state index in [4.69, 9.17) is 23.7 Å². The summed E-state index contributed by atoms with van der Waals surface area (Å²) >= 11 is 0. The fourth-order valence-corrected chi connectivity index (χ4v) is 3.81. The number of hydrogen-bond donors (Lipinski definition) is 2. The molecule has 0 fully saturated rings. The van der Waals surface area contributed by atoms with Crippen LogP contribution in [0.3, 0.4) is 0 Å². The first kappa shape index (κ1) is 20.4. The van der Waals surface area contributed by atoms with Crippen molar-refractivity contribution in [2.75, 3.05) is 39.9 Å². The number of aromatic amines is 1. The third kappa shape index (κ3) is 3.40. The van der Waals surface area contributed by atoms with Gasteiger partial charge in [0.2, 0.25) is 5.75 Å². The Kier molecular flexibility index (Phi) is 5.06. The first-order valence-electron chi connectivity index (χ1n) is 10.1. The molecule has 10 nitrogen and oxygen atoms in total. The lowest BCUT2D eigenvalue weighted by atomic mass is 10.1. The molecule has 10 heteroatoms. The Morgan fingerprint density at radius 3 is 2.42 bits per heavy atom. The van der Waals surface area contributed by atoms with Crippen LogP contribution in [-0.4, -0.2) is 49.1 Å². The number of nitrogens with zero attached hydrogens (tertiary/aromatic N) is 3. The Morgan fingerprint density at radius 1 is 1.03 bits per heavy atom. The highest BCUT2D eigenvalue weighted by Crippen LogP contribution is 2.43. The van der Waals surface area contributed by atoms with Gasteiger partial charge >= 0.3 is 0 Å². The summed E-state index contributed by atoms with van der Waals surface area (Å²) < 4.78 is 29.5. The molecule has 1 aliphatic rings. The minimum Gasteiger partial charge on any atom is -0.493 e. The highest BCUT2D eigenvalue weighted by atomic mass is 16.6. The van der Waals surface area contributed by atoms with Gasteiger partial charge in [0.15, 0.2) is 34.5 Å². The van der Waals surface area contributed by atoms with E-state index >= 15 is 0 Å². The lowest BCUT2D eigenvalue weighted by molar-refractivity contribution is 0.171. The Balaban J connectivity index is 1.67. The number of fused-ring (bicyclic) bond motifs is 2. The van der Waals surface area contributed by atoms with E-state index < -0.39 is 0 Å². The van der Waals surface area contributed by atoms with Crippen molar-refractivity contribution in [3.05, 3.63) is 42.1 Å². The number of nitrogens with one attached hydrogen (secondary N) is 2. The van der Waals surface area contributed by atoms with E-state index in [0.29, 0.717) is 64.7 Å². The van der Waals surface area contributed by atoms with Crippen molar-refractivity contribution in [3.63, 3.8) is 0 Å². The van der Waals surface area contributed by atoms with Gasteiger partial charge in [0.05, 0.1) is 33.2 Å². The van der Waals surface area contributed by atoms with Gasteiger partial charge in [0.25, 0.3) is 0 Å². The van der Waals surface area contributed by atoms with Crippen molar-refractivity contribution in [2.45, 2.75) is 0 Å². The summed E-state index contributed by atoms with van der Waals surface area (Å²) in [5, 5.41) is 17.3. The molecule has 0 radical (unpaired) electrons. The van der Waals surface area contributed by atoms with E-state index in [1.54, 1.807) is 25.8 Å². The first-order valence-corrected chi connectivity index (χ1v) is 10.1. The second kappa shape index (κ2) is 8.20. The topological polar surface area (TPSA) is 115 Å². The molecule has 0 atom stereocenters. The van der Waals surface area contributed by atoms with Crippen LogP contribution in [0.4, 0.5) is 11.5 Å². The molecule has 1 aliphatic heterocycles. The third-order valence-electron chi connectivity index (χ3n) is 5.34. The summed E-state index contributed by atoms with van der Waals surface area (Å²) in [5.41, 5.74) is 3.17. The summed E-state index contributed by atoms with van der Waals surface area (Å²) in [4.78, 5) is 3.31. The van der Waals surface area contributed by atoms with Gasteiger partial charge < -0.3 is 34.0 Å². The molecule has 5 rings (SSSR count). The zero-order valence-electron chi connectivity index (χ0n) is 18.3. The summed E-state index contributed by atoms with van der Waals surface area (Å²) in [5.74, 6) is 3.47. The molecule has 3 heterocycles. The van der Waals surface area contributed by atoms with Crippen LogP contribution in [0.15, 0.2) is 36.5 Å². The standard InChI is InChI=1S/C23H21N5O5/c1-29-18-8-13(9-19(30-2)21(18)31-3)20-23(28-22(27-20)14(11-24)12-25-28)26-15-4-5-16-17(10-15)33-7-6-32-16/h4-5,8-10,12,26-27H,6-7H2,1-3H3. The van der Waals surface area contributed by atoms with Crippen molar-refractivity contribution in [1.82, 2.24) is 14.6 Å². The van der Waals surface area contributed by atoms with E-state index in [1.165, 1.54) is 6.20 Å². The maximum atomic E-state index is 9.52. The predicted octanol–water partition coefficient (Wildman–Crippen LogP) is 3.74. The van der Waals surface area contributed by atoms with Crippen molar-refractivity contribution in [2.24, 2.45) is 0 Å². The highest BCUT2D eigenvalue weighted by molar-refractivity contribution is 5.83. The Labute approximate surface area is 189 Å². The van der Waals surface area contributed by atoms with Gasteiger partial charge in [0.1, 0.15) is 24.8 Å². The van der Waals surface area contributed by atoms with Crippen LogP contribution in [0.1, 0.15) is 5.56 Å². The lowest BCUT2D eigenvalue weighted by Crippen LogP contribution is -2.15. The second-order valence-electron chi connectivity index (χ2n) is 7.18.